The summed E-state index contributed by atoms with van der Waals surface area (Å²) in [7, 11) is 0. The topological polar surface area (TPSA) is 66.9 Å². The number of aromatic nitrogens is 2. The van der Waals surface area contributed by atoms with Gasteiger partial charge in [0.1, 0.15) is 0 Å². The van der Waals surface area contributed by atoms with Gasteiger partial charge >= 0.3 is 5.69 Å². The molecule has 1 unspecified atom stereocenters. The molecule has 0 saturated carbocycles. The summed E-state index contributed by atoms with van der Waals surface area (Å²) in [5.41, 5.74) is -1.55. The first-order valence-electron chi connectivity index (χ1n) is 6.77. The van der Waals surface area contributed by atoms with Crippen molar-refractivity contribution in [1.29, 1.82) is 0 Å². The zero-order valence-electron chi connectivity index (χ0n) is 11.5. The van der Waals surface area contributed by atoms with Crippen molar-refractivity contribution in [3.05, 3.63) is 32.9 Å². The molecule has 19 heavy (non-hydrogen) atoms. The molecule has 0 bridgehead atoms. The predicted octanol–water partition coefficient (Wildman–Crippen LogP) is 1.23. The number of nitrogens with zero attached hydrogens (tertiary/aromatic N) is 1. The van der Waals surface area contributed by atoms with E-state index in [0.717, 1.165) is 12.6 Å². The molecular formula is C13H22FN3O2. The molecule has 1 aromatic rings. The van der Waals surface area contributed by atoms with Gasteiger partial charge in [-0.2, -0.15) is 4.39 Å². The van der Waals surface area contributed by atoms with Crippen LogP contribution in [0.5, 0.6) is 0 Å². The number of nitrogens with one attached hydrogen (secondary N) is 2. The highest BCUT2D eigenvalue weighted by Crippen LogP contribution is 2.02. The second-order valence-electron chi connectivity index (χ2n) is 4.78. The Labute approximate surface area is 111 Å². The van der Waals surface area contributed by atoms with Crippen LogP contribution in [0.2, 0.25) is 0 Å². The first-order valence-corrected chi connectivity index (χ1v) is 6.77. The predicted molar refractivity (Wildman–Crippen MR) is 72.9 cm³/mol. The van der Waals surface area contributed by atoms with Crippen LogP contribution in [-0.4, -0.2) is 22.1 Å². The highest BCUT2D eigenvalue weighted by atomic mass is 19.1. The molecule has 0 fully saturated rings. The maximum Gasteiger partial charge on any atom is 0.328 e. The van der Waals surface area contributed by atoms with Gasteiger partial charge in [0, 0.05) is 19.1 Å². The highest BCUT2D eigenvalue weighted by Gasteiger charge is 2.04. The van der Waals surface area contributed by atoms with Crippen LogP contribution in [0.25, 0.3) is 0 Å². The van der Waals surface area contributed by atoms with Gasteiger partial charge in [-0.05, 0) is 13.3 Å². The normalized spacial score (nSPS) is 12.6. The number of H-pyrrole nitrogens is 1. The molecule has 108 valence electrons. The zero-order chi connectivity index (χ0) is 14.3. The van der Waals surface area contributed by atoms with E-state index in [1.165, 1.54) is 23.8 Å². The van der Waals surface area contributed by atoms with Gasteiger partial charge in [-0.15, -0.1) is 0 Å². The maximum atomic E-state index is 13.0. The quantitative estimate of drug-likeness (QED) is 0.699. The number of halogens is 1. The van der Waals surface area contributed by atoms with Gasteiger partial charge in [0.05, 0.1) is 6.20 Å². The molecule has 5 nitrogen and oxygen atoms in total. The van der Waals surface area contributed by atoms with Crippen LogP contribution in [0.15, 0.2) is 15.8 Å². The molecule has 1 aromatic heterocycles. The summed E-state index contributed by atoms with van der Waals surface area (Å²) in [6.07, 6.45) is 5.63. The van der Waals surface area contributed by atoms with Gasteiger partial charge in [0.15, 0.2) is 0 Å². The van der Waals surface area contributed by atoms with Gasteiger partial charge in [-0.25, -0.2) is 4.79 Å². The Bertz CT molecular complexity index is 495. The number of hydrogen-bond acceptors (Lipinski definition) is 3. The third kappa shape index (κ3) is 5.38. The average molecular weight is 271 g/mol. The largest absolute Gasteiger partial charge is 0.328 e. The summed E-state index contributed by atoms with van der Waals surface area (Å²) in [6, 6.07) is 0.370. The minimum absolute atomic E-state index is 0.338. The van der Waals surface area contributed by atoms with Crippen molar-refractivity contribution < 1.29 is 4.39 Å². The second-order valence-corrected chi connectivity index (χ2v) is 4.78. The highest BCUT2D eigenvalue weighted by molar-refractivity contribution is 4.87. The number of hydrogen-bond donors (Lipinski definition) is 2. The minimum Gasteiger partial charge on any atom is -0.312 e. The molecule has 0 saturated heterocycles. The van der Waals surface area contributed by atoms with Crippen LogP contribution in [0.3, 0.4) is 0 Å². The van der Waals surface area contributed by atoms with Crippen LogP contribution in [0, 0.1) is 5.82 Å². The van der Waals surface area contributed by atoms with Crippen molar-refractivity contribution in [2.75, 3.05) is 6.54 Å². The molecule has 1 heterocycles. The van der Waals surface area contributed by atoms with Crippen LogP contribution < -0.4 is 16.6 Å². The molecule has 0 aliphatic heterocycles. The van der Waals surface area contributed by atoms with E-state index in [1.807, 2.05) is 4.98 Å². The minimum atomic E-state index is -0.970. The summed E-state index contributed by atoms with van der Waals surface area (Å²) in [5.74, 6) is -0.935. The summed E-state index contributed by atoms with van der Waals surface area (Å²) in [6.45, 7) is 5.16. The molecule has 6 heteroatoms. The summed E-state index contributed by atoms with van der Waals surface area (Å²) in [5, 5.41) is 3.28. The number of rotatable bonds is 8. The Morgan fingerprint density at radius 1 is 1.42 bits per heavy atom. The van der Waals surface area contributed by atoms with Crippen molar-refractivity contribution in [2.45, 2.75) is 52.1 Å². The molecule has 0 aliphatic carbocycles. The second kappa shape index (κ2) is 7.89. The van der Waals surface area contributed by atoms with Gasteiger partial charge < -0.3 is 5.32 Å². The Morgan fingerprint density at radius 3 is 2.84 bits per heavy atom. The maximum absolute atomic E-state index is 13.0. The van der Waals surface area contributed by atoms with Crippen molar-refractivity contribution in [3.63, 3.8) is 0 Å². The molecule has 0 aromatic carbocycles. The standard InChI is InChI=1S/C13H22FN3O2/c1-3-4-5-6-10(2)15-7-8-17-9-11(14)12(18)16-13(17)19/h9-10,15H,3-8H2,1-2H3,(H,16,18,19). The average Bonchev–Trinajstić information content (AvgIpc) is 2.36. The van der Waals surface area contributed by atoms with Crippen molar-refractivity contribution in [1.82, 2.24) is 14.9 Å². The van der Waals surface area contributed by atoms with Gasteiger partial charge in [0.25, 0.3) is 5.56 Å². The molecule has 2 N–H and O–H groups in total. The van der Waals surface area contributed by atoms with E-state index < -0.39 is 17.1 Å². The number of unbranched alkanes of at least 4 members (excludes halogenated alkanes) is 2. The Morgan fingerprint density at radius 2 is 2.16 bits per heavy atom. The fourth-order valence-corrected chi connectivity index (χ4v) is 1.88. The van der Waals surface area contributed by atoms with Crippen molar-refractivity contribution >= 4 is 0 Å². The third-order valence-electron chi connectivity index (χ3n) is 3.05. The Balaban J connectivity index is 2.39. The SMILES string of the molecule is CCCCCC(C)NCCn1cc(F)c(=O)[nH]c1=O. The van der Waals surface area contributed by atoms with Gasteiger partial charge in [-0.1, -0.05) is 26.2 Å². The van der Waals surface area contributed by atoms with E-state index in [0.29, 0.717) is 19.1 Å². The lowest BCUT2D eigenvalue weighted by molar-refractivity contribution is 0.459. The number of aromatic amines is 1. The zero-order valence-corrected chi connectivity index (χ0v) is 11.5. The molecule has 1 rings (SSSR count). The van der Waals surface area contributed by atoms with Crippen LogP contribution in [0.1, 0.15) is 39.5 Å². The van der Waals surface area contributed by atoms with Gasteiger partial charge in [-0.3, -0.25) is 14.3 Å². The van der Waals surface area contributed by atoms with E-state index in [2.05, 4.69) is 19.2 Å². The van der Waals surface area contributed by atoms with E-state index >= 15 is 0 Å². The first-order chi connectivity index (χ1) is 9.04. The van der Waals surface area contributed by atoms with E-state index in [1.54, 1.807) is 0 Å². The molecule has 1 atom stereocenters. The third-order valence-corrected chi connectivity index (χ3v) is 3.05. The Hall–Kier alpha value is -1.43. The fraction of sp³-hybridized carbons (Fsp3) is 0.692. The Kier molecular flexibility index (Phi) is 6.49. The first kappa shape index (κ1) is 15.6. The molecule has 0 amide bonds. The van der Waals surface area contributed by atoms with E-state index in [4.69, 9.17) is 0 Å². The van der Waals surface area contributed by atoms with Crippen LogP contribution in [0.4, 0.5) is 4.39 Å². The molecule has 0 spiro atoms. The lowest BCUT2D eigenvalue weighted by atomic mass is 10.1. The van der Waals surface area contributed by atoms with E-state index in [9.17, 15) is 14.0 Å². The monoisotopic (exact) mass is 271 g/mol. The molecule has 0 aliphatic rings. The van der Waals surface area contributed by atoms with Crippen LogP contribution >= 0.6 is 0 Å². The molecule has 0 radical (unpaired) electrons. The van der Waals surface area contributed by atoms with Crippen LogP contribution in [-0.2, 0) is 6.54 Å². The van der Waals surface area contributed by atoms with Crippen molar-refractivity contribution in [3.8, 4) is 0 Å². The summed E-state index contributed by atoms with van der Waals surface area (Å²) in [4.78, 5) is 24.2. The molecular weight excluding hydrogens is 249 g/mol. The van der Waals surface area contributed by atoms with E-state index in [-0.39, 0.29) is 0 Å². The smallest absolute Gasteiger partial charge is 0.312 e. The fourth-order valence-electron chi connectivity index (χ4n) is 1.88. The lowest BCUT2D eigenvalue weighted by Crippen LogP contribution is -2.36. The summed E-state index contributed by atoms with van der Waals surface area (Å²) >= 11 is 0. The summed E-state index contributed by atoms with van der Waals surface area (Å²) < 4.78 is 14.2. The lowest BCUT2D eigenvalue weighted by Gasteiger charge is -2.14. The van der Waals surface area contributed by atoms with Gasteiger partial charge in [0.2, 0.25) is 5.82 Å². The van der Waals surface area contributed by atoms with Crippen molar-refractivity contribution in [2.24, 2.45) is 0 Å².